The van der Waals surface area contributed by atoms with Crippen molar-refractivity contribution in [1.29, 1.82) is 0 Å². The fraction of sp³-hybridized carbons (Fsp3) is 0.0833. The Bertz CT molecular complexity index is 1170. The highest BCUT2D eigenvalue weighted by molar-refractivity contribution is 6.46. The van der Waals surface area contributed by atoms with E-state index in [2.05, 4.69) is 5.32 Å². The van der Waals surface area contributed by atoms with E-state index in [0.29, 0.717) is 29.3 Å². The quantitative estimate of drug-likeness (QED) is 0.584. The van der Waals surface area contributed by atoms with Crippen LogP contribution in [-0.4, -0.2) is 18.4 Å². The first-order chi connectivity index (χ1) is 15.0. The third-order valence-corrected chi connectivity index (χ3v) is 4.72. The molecule has 7 heteroatoms. The molecule has 5 nitrogen and oxygen atoms in total. The molecule has 4 rings (SSSR count). The van der Waals surface area contributed by atoms with Gasteiger partial charge in [-0.05, 0) is 61.0 Å². The Labute approximate surface area is 177 Å². The highest BCUT2D eigenvalue weighted by atomic mass is 19.1. The number of halogens is 2. The minimum Gasteiger partial charge on any atom is -0.494 e. The second kappa shape index (κ2) is 8.39. The minimum atomic E-state index is -0.581. The molecule has 0 spiro atoms. The van der Waals surface area contributed by atoms with Crippen molar-refractivity contribution in [3.63, 3.8) is 0 Å². The van der Waals surface area contributed by atoms with Crippen LogP contribution in [0.25, 0.3) is 5.57 Å². The molecule has 0 bridgehead atoms. The largest absolute Gasteiger partial charge is 0.494 e. The molecule has 3 aromatic carbocycles. The summed E-state index contributed by atoms with van der Waals surface area (Å²) in [5.74, 6) is -1.52. The molecule has 1 heterocycles. The zero-order valence-electron chi connectivity index (χ0n) is 16.6. The first kappa shape index (κ1) is 20.3. The lowest BCUT2D eigenvalue weighted by atomic mass is 10.0. The second-order valence-electron chi connectivity index (χ2n) is 6.76. The zero-order chi connectivity index (χ0) is 22.0. The van der Waals surface area contributed by atoms with Gasteiger partial charge in [-0.1, -0.05) is 18.2 Å². The van der Waals surface area contributed by atoms with Crippen molar-refractivity contribution in [2.24, 2.45) is 0 Å². The van der Waals surface area contributed by atoms with Gasteiger partial charge in [0.2, 0.25) is 0 Å². The van der Waals surface area contributed by atoms with E-state index in [9.17, 15) is 18.4 Å². The van der Waals surface area contributed by atoms with Crippen molar-refractivity contribution >= 4 is 28.8 Å². The van der Waals surface area contributed by atoms with Gasteiger partial charge in [0.25, 0.3) is 11.8 Å². The number of ether oxygens (including phenoxy) is 1. The summed E-state index contributed by atoms with van der Waals surface area (Å²) in [4.78, 5) is 27.7. The third-order valence-electron chi connectivity index (χ3n) is 4.72. The molecule has 2 amide bonds. The van der Waals surface area contributed by atoms with Crippen molar-refractivity contribution in [2.45, 2.75) is 6.92 Å². The summed E-state index contributed by atoms with van der Waals surface area (Å²) < 4.78 is 32.2. The van der Waals surface area contributed by atoms with Crippen LogP contribution in [0.2, 0.25) is 0 Å². The highest BCUT2D eigenvalue weighted by Gasteiger charge is 2.40. The number of benzene rings is 3. The van der Waals surface area contributed by atoms with Crippen LogP contribution in [0.3, 0.4) is 0 Å². The van der Waals surface area contributed by atoms with Crippen molar-refractivity contribution in [3.05, 3.63) is 95.7 Å². The van der Waals surface area contributed by atoms with Crippen LogP contribution in [0.15, 0.2) is 78.5 Å². The number of carbonyl (C=O) groups is 2. The van der Waals surface area contributed by atoms with Gasteiger partial charge in [0.1, 0.15) is 23.1 Å². The lowest BCUT2D eigenvalue weighted by Gasteiger charge is -2.16. The number of hydrogen-bond donors (Lipinski definition) is 1. The van der Waals surface area contributed by atoms with Gasteiger partial charge >= 0.3 is 0 Å². The summed E-state index contributed by atoms with van der Waals surface area (Å²) >= 11 is 0. The van der Waals surface area contributed by atoms with Crippen molar-refractivity contribution < 1.29 is 23.1 Å². The molecule has 3 aromatic rings. The van der Waals surface area contributed by atoms with Gasteiger partial charge in [-0.3, -0.25) is 9.59 Å². The molecular weight excluding hydrogens is 402 g/mol. The van der Waals surface area contributed by atoms with Crippen LogP contribution in [0, 0.1) is 11.6 Å². The molecule has 0 atom stereocenters. The fourth-order valence-electron chi connectivity index (χ4n) is 3.32. The topological polar surface area (TPSA) is 58.6 Å². The Morgan fingerprint density at radius 2 is 1.52 bits per heavy atom. The Hall–Kier alpha value is -4.00. The van der Waals surface area contributed by atoms with Gasteiger partial charge < -0.3 is 10.1 Å². The normalized spacial score (nSPS) is 13.7. The molecule has 0 radical (unpaired) electrons. The number of nitrogens with zero attached hydrogens (tertiary/aromatic N) is 1. The van der Waals surface area contributed by atoms with Crippen LogP contribution in [-0.2, 0) is 9.59 Å². The summed E-state index contributed by atoms with van der Waals surface area (Å²) in [5, 5.41) is 2.93. The first-order valence-corrected chi connectivity index (χ1v) is 9.62. The smallest absolute Gasteiger partial charge is 0.282 e. The first-order valence-electron chi connectivity index (χ1n) is 9.62. The van der Waals surface area contributed by atoms with Gasteiger partial charge in [0.05, 0.1) is 17.9 Å². The maximum Gasteiger partial charge on any atom is 0.282 e. The number of nitrogens with one attached hydrogen (secondary N) is 1. The summed E-state index contributed by atoms with van der Waals surface area (Å²) in [6.07, 6.45) is 0. The van der Waals surface area contributed by atoms with E-state index in [4.69, 9.17) is 4.74 Å². The number of amides is 2. The second-order valence-corrected chi connectivity index (χ2v) is 6.76. The number of imide groups is 1. The van der Waals surface area contributed by atoms with E-state index in [1.54, 1.807) is 24.3 Å². The Morgan fingerprint density at radius 3 is 2.16 bits per heavy atom. The van der Waals surface area contributed by atoms with Gasteiger partial charge in [-0.2, -0.15) is 0 Å². The lowest BCUT2D eigenvalue weighted by Crippen LogP contribution is -2.32. The average molecular weight is 420 g/mol. The molecule has 156 valence electrons. The van der Waals surface area contributed by atoms with Gasteiger partial charge in [-0.15, -0.1) is 0 Å². The summed E-state index contributed by atoms with van der Waals surface area (Å²) in [5.41, 5.74) is 1.27. The monoisotopic (exact) mass is 420 g/mol. The van der Waals surface area contributed by atoms with Gasteiger partial charge in [0, 0.05) is 11.8 Å². The average Bonchev–Trinajstić information content (AvgIpc) is 3.00. The van der Waals surface area contributed by atoms with Crippen molar-refractivity contribution in [2.75, 3.05) is 16.8 Å². The minimum absolute atomic E-state index is 0.0185. The van der Waals surface area contributed by atoms with E-state index in [0.717, 1.165) is 4.90 Å². The predicted octanol–water partition coefficient (Wildman–Crippen LogP) is 4.76. The number of carbonyl (C=O) groups excluding carboxylic acids is 2. The lowest BCUT2D eigenvalue weighted by molar-refractivity contribution is -0.120. The van der Waals surface area contributed by atoms with Crippen LogP contribution in [0.4, 0.5) is 20.2 Å². The number of rotatable bonds is 6. The Kier molecular flexibility index (Phi) is 5.49. The molecule has 1 N–H and O–H groups in total. The Morgan fingerprint density at radius 1 is 0.871 bits per heavy atom. The molecule has 1 aliphatic rings. The van der Waals surface area contributed by atoms with E-state index in [1.165, 1.54) is 48.5 Å². The highest BCUT2D eigenvalue weighted by Crippen LogP contribution is 2.35. The zero-order valence-corrected chi connectivity index (χ0v) is 16.6. The predicted molar refractivity (Wildman–Crippen MR) is 113 cm³/mol. The van der Waals surface area contributed by atoms with Crippen LogP contribution >= 0.6 is 0 Å². The van der Waals surface area contributed by atoms with Crippen LogP contribution in [0.1, 0.15) is 12.5 Å². The third kappa shape index (κ3) is 4.02. The molecule has 31 heavy (non-hydrogen) atoms. The number of hydrogen-bond acceptors (Lipinski definition) is 4. The molecule has 0 fully saturated rings. The molecule has 0 aliphatic carbocycles. The van der Waals surface area contributed by atoms with E-state index < -0.39 is 23.4 Å². The van der Waals surface area contributed by atoms with Crippen molar-refractivity contribution in [1.82, 2.24) is 0 Å². The summed E-state index contributed by atoms with van der Waals surface area (Å²) in [7, 11) is 0. The fourth-order valence-corrected chi connectivity index (χ4v) is 3.32. The summed E-state index contributed by atoms with van der Waals surface area (Å²) in [6.45, 7) is 2.26. The molecule has 1 aliphatic heterocycles. The molecule has 0 unspecified atom stereocenters. The summed E-state index contributed by atoms with van der Waals surface area (Å²) in [6, 6.07) is 17.3. The SMILES string of the molecule is CCOc1cccc(N2C(=O)C(Nc3ccc(F)cc3)=C(c3ccc(F)cc3)C2=O)c1. The van der Waals surface area contributed by atoms with Crippen LogP contribution in [0.5, 0.6) is 5.75 Å². The standard InChI is InChI=1S/C24H18F2N2O3/c1-2-31-20-5-3-4-19(14-20)28-23(29)21(15-6-8-16(25)9-7-15)22(24(28)30)27-18-12-10-17(26)11-13-18/h3-14,27H,2H2,1H3. The van der Waals surface area contributed by atoms with Gasteiger partial charge in [0.15, 0.2) is 0 Å². The maximum absolute atomic E-state index is 13.4. The van der Waals surface area contributed by atoms with Gasteiger partial charge in [-0.25, -0.2) is 13.7 Å². The Balaban J connectivity index is 1.79. The molecule has 0 saturated carbocycles. The van der Waals surface area contributed by atoms with E-state index >= 15 is 0 Å². The number of anilines is 2. The van der Waals surface area contributed by atoms with Crippen LogP contribution < -0.4 is 15.0 Å². The molecule has 0 saturated heterocycles. The van der Waals surface area contributed by atoms with E-state index in [-0.39, 0.29) is 11.3 Å². The van der Waals surface area contributed by atoms with E-state index in [1.807, 2.05) is 6.92 Å². The van der Waals surface area contributed by atoms with Crippen molar-refractivity contribution in [3.8, 4) is 5.75 Å². The molecular formula is C24H18F2N2O3. The molecule has 0 aromatic heterocycles. The maximum atomic E-state index is 13.4.